The second-order valence-corrected chi connectivity index (χ2v) is 8.72. The van der Waals surface area contributed by atoms with Gasteiger partial charge in [0.2, 0.25) is 0 Å². The Morgan fingerprint density at radius 1 is 0.909 bits per heavy atom. The van der Waals surface area contributed by atoms with Crippen molar-refractivity contribution in [2.45, 2.75) is 58.8 Å². The van der Waals surface area contributed by atoms with Crippen LogP contribution >= 0.6 is 0 Å². The maximum atomic E-state index is 13.3. The first-order chi connectivity index (χ1) is 16.1. The number of benzene rings is 2. The summed E-state index contributed by atoms with van der Waals surface area (Å²) in [5.74, 6) is 1.99. The fraction of sp³-hybridized carbons (Fsp3) is 0.536. The van der Waals surface area contributed by atoms with Gasteiger partial charge in [0.15, 0.2) is 11.5 Å². The second kappa shape index (κ2) is 12.6. The Labute approximate surface area is 199 Å². The minimum atomic E-state index is 0.00458. The fourth-order valence-electron chi connectivity index (χ4n) is 4.70. The molecule has 180 valence electrons. The summed E-state index contributed by atoms with van der Waals surface area (Å²) in [5, 5.41) is 0. The molecule has 0 aromatic heterocycles. The van der Waals surface area contributed by atoms with E-state index in [1.807, 2.05) is 37.3 Å². The molecule has 3 rings (SSSR count). The van der Waals surface area contributed by atoms with Crippen LogP contribution in [-0.2, 0) is 0 Å². The lowest BCUT2D eigenvalue weighted by atomic mass is 9.84. The molecule has 5 heteroatoms. The van der Waals surface area contributed by atoms with Gasteiger partial charge >= 0.3 is 0 Å². The lowest BCUT2D eigenvalue weighted by molar-refractivity contribution is 0.0988. The maximum absolute atomic E-state index is 13.3. The molecule has 2 aromatic rings. The monoisotopic (exact) mass is 452 g/mol. The van der Waals surface area contributed by atoms with Gasteiger partial charge in [-0.05, 0) is 68.6 Å². The quantitative estimate of drug-likeness (QED) is 0.411. The van der Waals surface area contributed by atoms with E-state index in [0.717, 1.165) is 30.9 Å². The van der Waals surface area contributed by atoms with Gasteiger partial charge in [-0.15, -0.1) is 0 Å². The van der Waals surface area contributed by atoms with E-state index in [1.54, 1.807) is 12.0 Å². The van der Waals surface area contributed by atoms with E-state index in [2.05, 4.69) is 30.9 Å². The molecule has 0 spiro atoms. The van der Waals surface area contributed by atoms with Gasteiger partial charge in [-0.2, -0.15) is 0 Å². The first kappa shape index (κ1) is 25.1. The number of ether oxygens (including phenoxy) is 2. The highest BCUT2D eigenvalue weighted by Gasteiger charge is 2.20. The number of rotatable bonds is 11. The highest BCUT2D eigenvalue weighted by Crippen LogP contribution is 2.34. The van der Waals surface area contributed by atoms with Crippen LogP contribution in [0.3, 0.4) is 0 Å². The Morgan fingerprint density at radius 3 is 2.21 bits per heavy atom. The van der Waals surface area contributed by atoms with Crippen molar-refractivity contribution in [3.63, 3.8) is 0 Å². The van der Waals surface area contributed by atoms with Gasteiger partial charge in [-0.3, -0.25) is 4.79 Å². The van der Waals surface area contributed by atoms with Crippen molar-refractivity contribution in [1.29, 1.82) is 0 Å². The van der Waals surface area contributed by atoms with Crippen LogP contribution in [0.2, 0.25) is 0 Å². The molecule has 0 unspecified atom stereocenters. The van der Waals surface area contributed by atoms with Crippen molar-refractivity contribution in [1.82, 2.24) is 4.90 Å². The van der Waals surface area contributed by atoms with E-state index in [-0.39, 0.29) is 5.91 Å². The lowest BCUT2D eigenvalue weighted by Crippen LogP contribution is -2.30. The third-order valence-corrected chi connectivity index (χ3v) is 6.81. The summed E-state index contributed by atoms with van der Waals surface area (Å²) >= 11 is 0. The molecule has 1 amide bonds. The van der Waals surface area contributed by atoms with Gasteiger partial charge < -0.3 is 19.3 Å². The minimum absolute atomic E-state index is 0.00458. The molecule has 1 saturated carbocycles. The van der Waals surface area contributed by atoms with Crippen LogP contribution in [0.5, 0.6) is 11.5 Å². The standard InChI is InChI=1S/C28H40N2O3/c1-5-29(6-2)19-20-33-26-18-17-25(21-27(26)32-4)30(7-3)28(31)24-15-13-23(14-16-24)22-11-9-8-10-12-22/h13-18,21-22H,5-12,19-20H2,1-4H3. The molecule has 0 radical (unpaired) electrons. The Morgan fingerprint density at radius 2 is 1.61 bits per heavy atom. The molecule has 0 bridgehead atoms. The maximum Gasteiger partial charge on any atom is 0.258 e. The Balaban J connectivity index is 1.70. The molecule has 0 N–H and O–H groups in total. The van der Waals surface area contributed by atoms with Crippen LogP contribution < -0.4 is 14.4 Å². The topological polar surface area (TPSA) is 42.0 Å². The number of hydrogen-bond donors (Lipinski definition) is 0. The van der Waals surface area contributed by atoms with Crippen molar-refractivity contribution >= 4 is 11.6 Å². The lowest BCUT2D eigenvalue weighted by Gasteiger charge is -2.24. The molecule has 0 aliphatic heterocycles. The number of amides is 1. The van der Waals surface area contributed by atoms with Gasteiger partial charge in [0, 0.05) is 30.4 Å². The number of carbonyl (C=O) groups excluding carboxylic acids is 1. The Bertz CT molecular complexity index is 871. The highest BCUT2D eigenvalue weighted by molar-refractivity contribution is 6.06. The molecule has 1 fully saturated rings. The molecule has 0 heterocycles. The summed E-state index contributed by atoms with van der Waals surface area (Å²) in [6.07, 6.45) is 6.49. The molecule has 33 heavy (non-hydrogen) atoms. The fourth-order valence-corrected chi connectivity index (χ4v) is 4.70. The van der Waals surface area contributed by atoms with Crippen LogP contribution in [0, 0.1) is 0 Å². The number of likely N-dealkylation sites (N-methyl/N-ethyl adjacent to an activating group) is 1. The third-order valence-electron chi connectivity index (χ3n) is 6.81. The van der Waals surface area contributed by atoms with Gasteiger partial charge in [0.25, 0.3) is 5.91 Å². The van der Waals surface area contributed by atoms with Crippen LogP contribution in [-0.4, -0.2) is 50.7 Å². The predicted octanol–water partition coefficient (Wildman–Crippen LogP) is 6.13. The molecular weight excluding hydrogens is 412 g/mol. The molecular formula is C28H40N2O3. The first-order valence-electron chi connectivity index (χ1n) is 12.6. The number of nitrogens with zero attached hydrogens (tertiary/aromatic N) is 2. The minimum Gasteiger partial charge on any atom is -0.493 e. The summed E-state index contributed by atoms with van der Waals surface area (Å²) in [7, 11) is 1.64. The van der Waals surface area contributed by atoms with Crippen LogP contribution in [0.15, 0.2) is 42.5 Å². The van der Waals surface area contributed by atoms with E-state index in [4.69, 9.17) is 9.47 Å². The summed E-state index contributed by atoms with van der Waals surface area (Å²) in [6, 6.07) is 14.0. The third kappa shape index (κ3) is 6.50. The average Bonchev–Trinajstić information content (AvgIpc) is 2.88. The SMILES string of the molecule is CCN(CC)CCOc1ccc(N(CC)C(=O)c2ccc(C3CCCCC3)cc2)cc1OC. The number of hydrogen-bond acceptors (Lipinski definition) is 4. The van der Waals surface area contributed by atoms with Gasteiger partial charge in [-0.25, -0.2) is 0 Å². The predicted molar refractivity (Wildman–Crippen MR) is 136 cm³/mol. The molecule has 1 aliphatic carbocycles. The molecule has 1 aliphatic rings. The molecule has 0 atom stereocenters. The zero-order chi connectivity index (χ0) is 23.6. The number of carbonyl (C=O) groups is 1. The largest absolute Gasteiger partial charge is 0.493 e. The summed E-state index contributed by atoms with van der Waals surface area (Å²) < 4.78 is 11.6. The van der Waals surface area contributed by atoms with Crippen molar-refractivity contribution in [3.8, 4) is 11.5 Å². The van der Waals surface area contributed by atoms with E-state index in [1.165, 1.54) is 37.7 Å². The van der Waals surface area contributed by atoms with E-state index in [0.29, 0.717) is 30.6 Å². The van der Waals surface area contributed by atoms with Crippen molar-refractivity contribution in [3.05, 3.63) is 53.6 Å². The zero-order valence-corrected chi connectivity index (χ0v) is 20.8. The number of anilines is 1. The summed E-state index contributed by atoms with van der Waals surface area (Å²) in [5.41, 5.74) is 2.89. The second-order valence-electron chi connectivity index (χ2n) is 8.72. The number of methoxy groups -OCH3 is 1. The normalized spacial score (nSPS) is 14.3. The Kier molecular flexibility index (Phi) is 9.61. The van der Waals surface area contributed by atoms with Crippen molar-refractivity contribution in [2.24, 2.45) is 0 Å². The van der Waals surface area contributed by atoms with Crippen molar-refractivity contribution < 1.29 is 14.3 Å². The van der Waals surface area contributed by atoms with E-state index >= 15 is 0 Å². The summed E-state index contributed by atoms with van der Waals surface area (Å²) in [4.78, 5) is 17.4. The zero-order valence-electron chi connectivity index (χ0n) is 20.8. The molecule has 5 nitrogen and oxygen atoms in total. The molecule has 2 aromatic carbocycles. The van der Waals surface area contributed by atoms with Crippen LogP contribution in [0.4, 0.5) is 5.69 Å². The van der Waals surface area contributed by atoms with Gasteiger partial charge in [0.05, 0.1) is 7.11 Å². The Hall–Kier alpha value is -2.53. The van der Waals surface area contributed by atoms with E-state index < -0.39 is 0 Å². The van der Waals surface area contributed by atoms with Gasteiger partial charge in [-0.1, -0.05) is 45.2 Å². The van der Waals surface area contributed by atoms with Gasteiger partial charge in [0.1, 0.15) is 6.61 Å². The smallest absolute Gasteiger partial charge is 0.258 e. The molecule has 0 saturated heterocycles. The highest BCUT2D eigenvalue weighted by atomic mass is 16.5. The van der Waals surface area contributed by atoms with E-state index in [9.17, 15) is 4.79 Å². The average molecular weight is 453 g/mol. The van der Waals surface area contributed by atoms with Crippen molar-refractivity contribution in [2.75, 3.05) is 44.8 Å². The first-order valence-corrected chi connectivity index (χ1v) is 12.6. The van der Waals surface area contributed by atoms with Crippen LogP contribution in [0.1, 0.15) is 74.7 Å². The van der Waals surface area contributed by atoms with Crippen LogP contribution in [0.25, 0.3) is 0 Å². The summed E-state index contributed by atoms with van der Waals surface area (Å²) in [6.45, 7) is 10.4.